The van der Waals surface area contributed by atoms with Gasteiger partial charge in [0.2, 0.25) is 0 Å². The van der Waals surface area contributed by atoms with E-state index in [1.165, 1.54) is 54.4 Å². The number of nitrogens with zero attached hydrogens (tertiary/aromatic N) is 2. The quantitative estimate of drug-likeness (QED) is 0.651. The van der Waals surface area contributed by atoms with E-state index in [4.69, 9.17) is 10.2 Å². The van der Waals surface area contributed by atoms with Crippen molar-refractivity contribution in [3.63, 3.8) is 0 Å². The maximum Gasteiger partial charge on any atom is 0.328 e. The Labute approximate surface area is 198 Å². The van der Waals surface area contributed by atoms with Gasteiger partial charge >= 0.3 is 11.9 Å². The third-order valence-corrected chi connectivity index (χ3v) is 7.60. The van der Waals surface area contributed by atoms with Crippen molar-refractivity contribution in [1.82, 2.24) is 9.80 Å². The van der Waals surface area contributed by atoms with E-state index in [-0.39, 0.29) is 0 Å². The van der Waals surface area contributed by atoms with Crippen molar-refractivity contribution in [2.45, 2.75) is 41.0 Å². The second kappa shape index (κ2) is 10.5. The second-order valence-corrected chi connectivity index (χ2v) is 9.93. The van der Waals surface area contributed by atoms with Crippen LogP contribution >= 0.6 is 11.8 Å². The zero-order valence-electron chi connectivity index (χ0n) is 18.8. The summed E-state index contributed by atoms with van der Waals surface area (Å²) in [4.78, 5) is 27.2. The first-order valence-electron chi connectivity index (χ1n) is 11.4. The number of aliphatic carboxylic acids is 2. The summed E-state index contributed by atoms with van der Waals surface area (Å²) in [7, 11) is 2.24. The lowest BCUT2D eigenvalue weighted by Gasteiger charge is -2.38. The molecule has 0 amide bonds. The molecule has 1 atom stereocenters. The Morgan fingerprint density at radius 2 is 1.61 bits per heavy atom. The van der Waals surface area contributed by atoms with Crippen LogP contribution in [-0.2, 0) is 16.0 Å². The van der Waals surface area contributed by atoms with Gasteiger partial charge in [-0.05, 0) is 61.1 Å². The largest absolute Gasteiger partial charge is 0.478 e. The minimum atomic E-state index is -1.26. The summed E-state index contributed by atoms with van der Waals surface area (Å²) in [5.41, 5.74) is 4.67. The number of fused-ring (bicyclic) bond motifs is 2. The van der Waals surface area contributed by atoms with Crippen LogP contribution < -0.4 is 0 Å². The highest BCUT2D eigenvalue weighted by Gasteiger charge is 2.31. The van der Waals surface area contributed by atoms with Crippen LogP contribution in [0.1, 0.15) is 41.5 Å². The molecule has 2 aliphatic heterocycles. The molecule has 3 aliphatic rings. The maximum atomic E-state index is 9.55. The van der Waals surface area contributed by atoms with E-state index in [2.05, 4.69) is 59.3 Å². The molecule has 1 saturated carbocycles. The van der Waals surface area contributed by atoms with Gasteiger partial charge in [0, 0.05) is 54.2 Å². The summed E-state index contributed by atoms with van der Waals surface area (Å²) < 4.78 is 0. The van der Waals surface area contributed by atoms with Crippen LogP contribution in [0.4, 0.5) is 0 Å². The molecule has 5 rings (SSSR count). The summed E-state index contributed by atoms with van der Waals surface area (Å²) >= 11 is 1.98. The Balaban J connectivity index is 0.000000281. The smallest absolute Gasteiger partial charge is 0.328 e. The predicted molar refractivity (Wildman–Crippen MR) is 129 cm³/mol. The van der Waals surface area contributed by atoms with Crippen LogP contribution in [0.25, 0.3) is 0 Å². The molecule has 0 spiro atoms. The molecule has 6 nitrogen and oxygen atoms in total. The van der Waals surface area contributed by atoms with E-state index in [0.29, 0.717) is 18.2 Å². The SMILES string of the molecule is CN1CCN(C2Cc3ccccc3Sc3ccc(C4CC4)cc32)CC1.O=C(O)/C=C/C(=O)O. The van der Waals surface area contributed by atoms with Gasteiger partial charge in [-0.2, -0.15) is 0 Å². The average Bonchev–Trinajstić information content (AvgIpc) is 3.65. The molecule has 2 aromatic rings. The highest BCUT2D eigenvalue weighted by Crippen LogP contribution is 2.46. The van der Waals surface area contributed by atoms with Gasteiger partial charge in [0.25, 0.3) is 0 Å². The number of carboxylic acid groups (broad SMARTS) is 2. The highest BCUT2D eigenvalue weighted by atomic mass is 32.2. The molecule has 2 aromatic carbocycles. The Hall–Kier alpha value is -2.61. The van der Waals surface area contributed by atoms with Crippen molar-refractivity contribution in [3.8, 4) is 0 Å². The topological polar surface area (TPSA) is 81.1 Å². The van der Waals surface area contributed by atoms with Gasteiger partial charge in [-0.1, -0.05) is 42.1 Å². The maximum absolute atomic E-state index is 9.55. The van der Waals surface area contributed by atoms with Crippen molar-refractivity contribution >= 4 is 23.7 Å². The first kappa shape index (κ1) is 23.5. The Morgan fingerprint density at radius 1 is 0.939 bits per heavy atom. The molecule has 0 radical (unpaired) electrons. The molecular formula is C26H30N2O4S. The Bertz CT molecular complexity index is 1030. The van der Waals surface area contributed by atoms with Crippen LogP contribution in [0.2, 0.25) is 0 Å². The minimum Gasteiger partial charge on any atom is -0.478 e. The molecule has 2 fully saturated rings. The predicted octanol–water partition coefficient (Wildman–Crippen LogP) is 4.27. The summed E-state index contributed by atoms with van der Waals surface area (Å²) in [5, 5.41) is 15.6. The zero-order valence-corrected chi connectivity index (χ0v) is 19.6. The van der Waals surface area contributed by atoms with Crippen molar-refractivity contribution in [2.75, 3.05) is 33.2 Å². The number of rotatable bonds is 4. The number of carboxylic acids is 2. The van der Waals surface area contributed by atoms with E-state index in [1.54, 1.807) is 11.1 Å². The second-order valence-electron chi connectivity index (χ2n) is 8.85. The van der Waals surface area contributed by atoms with E-state index >= 15 is 0 Å². The fourth-order valence-corrected chi connectivity index (χ4v) is 5.52. The molecule has 0 aromatic heterocycles. The van der Waals surface area contributed by atoms with Gasteiger partial charge in [0.1, 0.15) is 0 Å². The van der Waals surface area contributed by atoms with Gasteiger partial charge in [-0.3, -0.25) is 4.90 Å². The standard InChI is InChI=1S/C22H26N2S.C4H4O4/c1-23-10-12-24(13-11-23)20-15-18-4-2-3-5-21(18)25-22-9-8-17(14-19(20)22)16-6-7-16;5-3(6)1-2-4(7)8/h2-5,8-9,14,16,20H,6-7,10-13,15H2,1H3;1-2H,(H,5,6)(H,7,8)/b;2-1+. The van der Waals surface area contributed by atoms with Gasteiger partial charge in [-0.15, -0.1) is 0 Å². The van der Waals surface area contributed by atoms with Crippen LogP contribution in [0.3, 0.4) is 0 Å². The van der Waals surface area contributed by atoms with Crippen molar-refractivity contribution in [3.05, 3.63) is 71.3 Å². The van der Waals surface area contributed by atoms with Crippen molar-refractivity contribution in [1.29, 1.82) is 0 Å². The lowest BCUT2D eigenvalue weighted by atomic mass is 9.94. The number of likely N-dealkylation sites (N-methyl/N-ethyl adjacent to an activating group) is 1. The van der Waals surface area contributed by atoms with Crippen molar-refractivity contribution < 1.29 is 19.8 Å². The third kappa shape index (κ3) is 6.25. The minimum absolute atomic E-state index is 0.526. The summed E-state index contributed by atoms with van der Waals surface area (Å²) in [5.74, 6) is -1.69. The van der Waals surface area contributed by atoms with Gasteiger partial charge in [-0.25, -0.2) is 9.59 Å². The van der Waals surface area contributed by atoms with Gasteiger partial charge in [0.05, 0.1) is 0 Å². The van der Waals surface area contributed by atoms with E-state index in [1.807, 2.05) is 11.8 Å². The van der Waals surface area contributed by atoms with Crippen LogP contribution in [0, 0.1) is 0 Å². The Morgan fingerprint density at radius 3 is 2.24 bits per heavy atom. The lowest BCUT2D eigenvalue weighted by molar-refractivity contribution is -0.134. The molecule has 1 unspecified atom stereocenters. The normalized spacial score (nSPS) is 20.8. The average molecular weight is 467 g/mol. The molecule has 1 aliphatic carbocycles. The molecule has 1 saturated heterocycles. The number of carbonyl (C=O) groups is 2. The number of piperazine rings is 1. The molecule has 7 heteroatoms. The molecule has 174 valence electrons. The van der Waals surface area contributed by atoms with Crippen LogP contribution in [0.5, 0.6) is 0 Å². The first-order valence-corrected chi connectivity index (χ1v) is 12.2. The van der Waals surface area contributed by atoms with E-state index in [9.17, 15) is 9.59 Å². The fourth-order valence-electron chi connectivity index (χ4n) is 4.40. The van der Waals surface area contributed by atoms with E-state index in [0.717, 1.165) is 12.3 Å². The number of hydrogen-bond acceptors (Lipinski definition) is 5. The Kier molecular flexibility index (Phi) is 7.53. The fraction of sp³-hybridized carbons (Fsp3) is 0.385. The molecule has 2 N–H and O–H groups in total. The van der Waals surface area contributed by atoms with E-state index < -0.39 is 11.9 Å². The van der Waals surface area contributed by atoms with Crippen LogP contribution in [0.15, 0.2) is 64.4 Å². The van der Waals surface area contributed by atoms with Crippen molar-refractivity contribution in [2.24, 2.45) is 0 Å². The van der Waals surface area contributed by atoms with Gasteiger partial charge < -0.3 is 15.1 Å². The third-order valence-electron chi connectivity index (χ3n) is 6.39. The highest BCUT2D eigenvalue weighted by molar-refractivity contribution is 7.99. The number of hydrogen-bond donors (Lipinski definition) is 2. The number of benzene rings is 2. The molecule has 2 heterocycles. The lowest BCUT2D eigenvalue weighted by Crippen LogP contribution is -2.46. The summed E-state index contributed by atoms with van der Waals surface area (Å²) in [6.07, 6.45) is 5.02. The monoisotopic (exact) mass is 466 g/mol. The zero-order chi connectivity index (χ0) is 23.4. The van der Waals surface area contributed by atoms with Gasteiger partial charge in [0.15, 0.2) is 0 Å². The summed E-state index contributed by atoms with van der Waals surface area (Å²) in [6, 6.07) is 16.9. The first-order chi connectivity index (χ1) is 15.9. The molecule has 0 bridgehead atoms. The molecular weight excluding hydrogens is 436 g/mol. The van der Waals surface area contributed by atoms with Crippen LogP contribution in [-0.4, -0.2) is 65.2 Å². The molecule has 33 heavy (non-hydrogen) atoms. The summed E-state index contributed by atoms with van der Waals surface area (Å²) in [6.45, 7) is 4.73.